The van der Waals surface area contributed by atoms with Crippen LogP contribution < -0.4 is 11.5 Å². The topological polar surface area (TPSA) is 272 Å². The van der Waals surface area contributed by atoms with Gasteiger partial charge in [0.2, 0.25) is 0 Å². The molecule has 16 nitrogen and oxygen atoms in total. The summed E-state index contributed by atoms with van der Waals surface area (Å²) in [6, 6.07) is -2.22. The van der Waals surface area contributed by atoms with Crippen LogP contribution in [0.2, 0.25) is 0 Å². The minimum Gasteiger partial charge on any atom is -0.480 e. The number of nitrogens with two attached hydrogens (primary N) is 2. The fourth-order valence-corrected chi connectivity index (χ4v) is 8.62. The van der Waals surface area contributed by atoms with Gasteiger partial charge >= 0.3 is 35.8 Å². The summed E-state index contributed by atoms with van der Waals surface area (Å²) in [7, 11) is 0. The SMILES string of the molecule is CCCCCC(O)C(CCCCCCCCCCOC(=O)CCCCCCCCCCOC(=O)CCCCCCCCCCC(O)C(CCCCC)OC(=O)CC[C@@H](N)C(=O)O)OC(=O)CC[C@H](N)C(=O)O. The Morgan fingerprint density at radius 2 is 0.625 bits per heavy atom. The lowest BCUT2D eigenvalue weighted by atomic mass is 9.99. The molecular weight excluding hydrogens is 925 g/mol. The molecule has 0 aliphatic heterocycles. The molecule has 0 saturated carbocycles. The molecule has 0 bridgehead atoms. The minimum absolute atomic E-state index is 0.00196. The van der Waals surface area contributed by atoms with Gasteiger partial charge in [0.25, 0.3) is 0 Å². The molecule has 6 atom stereocenters. The molecule has 422 valence electrons. The quantitative estimate of drug-likeness (QED) is 0.0188. The van der Waals surface area contributed by atoms with Crippen LogP contribution in [0.4, 0.5) is 0 Å². The average molecular weight is 1030 g/mol. The smallest absolute Gasteiger partial charge is 0.320 e. The molecular formula is C56H104N2O14. The maximum Gasteiger partial charge on any atom is 0.320 e. The zero-order chi connectivity index (χ0) is 53.5. The summed E-state index contributed by atoms with van der Waals surface area (Å²) >= 11 is 0. The number of carboxylic acids is 2. The van der Waals surface area contributed by atoms with Gasteiger partial charge in [-0.15, -0.1) is 0 Å². The molecule has 0 rings (SSSR count). The Morgan fingerprint density at radius 3 is 0.958 bits per heavy atom. The van der Waals surface area contributed by atoms with Crippen LogP contribution in [0.25, 0.3) is 0 Å². The van der Waals surface area contributed by atoms with Gasteiger partial charge in [-0.3, -0.25) is 28.8 Å². The molecule has 0 heterocycles. The van der Waals surface area contributed by atoms with Crippen LogP contribution in [0.5, 0.6) is 0 Å². The number of carboxylic acid groups (broad SMARTS) is 2. The summed E-state index contributed by atoms with van der Waals surface area (Å²) in [5, 5.41) is 39.3. The first kappa shape index (κ1) is 68.7. The highest BCUT2D eigenvalue weighted by Gasteiger charge is 2.25. The van der Waals surface area contributed by atoms with Gasteiger partial charge in [0.1, 0.15) is 24.3 Å². The number of ether oxygens (including phenoxy) is 4. The Hall–Kier alpha value is -3.34. The Labute approximate surface area is 434 Å². The molecule has 72 heavy (non-hydrogen) atoms. The summed E-state index contributed by atoms with van der Waals surface area (Å²) < 4.78 is 22.0. The summed E-state index contributed by atoms with van der Waals surface area (Å²) in [6.07, 6.45) is 30.5. The van der Waals surface area contributed by atoms with Crippen molar-refractivity contribution in [2.75, 3.05) is 13.2 Å². The van der Waals surface area contributed by atoms with Crippen LogP contribution in [-0.2, 0) is 47.7 Å². The van der Waals surface area contributed by atoms with Crippen molar-refractivity contribution < 1.29 is 68.1 Å². The lowest BCUT2D eigenvalue weighted by Gasteiger charge is -2.23. The van der Waals surface area contributed by atoms with Gasteiger partial charge in [-0.2, -0.15) is 0 Å². The molecule has 8 N–H and O–H groups in total. The number of aliphatic hydroxyl groups is 2. The van der Waals surface area contributed by atoms with Crippen molar-refractivity contribution in [2.45, 2.75) is 307 Å². The lowest BCUT2D eigenvalue weighted by molar-refractivity contribution is -0.157. The first-order valence-corrected chi connectivity index (χ1v) is 28.7. The number of aliphatic carboxylic acids is 2. The molecule has 0 aromatic rings. The molecule has 0 amide bonds. The average Bonchev–Trinajstić information content (AvgIpc) is 3.35. The second-order valence-corrected chi connectivity index (χ2v) is 20.2. The van der Waals surface area contributed by atoms with Crippen molar-refractivity contribution in [1.82, 2.24) is 0 Å². The van der Waals surface area contributed by atoms with Crippen LogP contribution in [-0.4, -0.2) is 106 Å². The number of hydrogen-bond donors (Lipinski definition) is 6. The third-order valence-electron chi connectivity index (χ3n) is 13.4. The summed E-state index contributed by atoms with van der Waals surface area (Å²) in [5.74, 6) is -3.57. The number of esters is 4. The van der Waals surface area contributed by atoms with Gasteiger partial charge in [0.05, 0.1) is 25.4 Å². The number of rotatable bonds is 53. The first-order chi connectivity index (χ1) is 34.7. The normalized spacial score (nSPS) is 13.9. The Morgan fingerprint density at radius 1 is 0.347 bits per heavy atom. The maximum atomic E-state index is 12.3. The highest BCUT2D eigenvalue weighted by Crippen LogP contribution is 2.21. The van der Waals surface area contributed by atoms with Crippen LogP contribution in [0.3, 0.4) is 0 Å². The van der Waals surface area contributed by atoms with Crippen molar-refractivity contribution in [2.24, 2.45) is 11.5 Å². The minimum atomic E-state index is -1.15. The maximum absolute atomic E-state index is 12.3. The van der Waals surface area contributed by atoms with Crippen molar-refractivity contribution in [3.63, 3.8) is 0 Å². The van der Waals surface area contributed by atoms with E-state index < -0.39 is 60.4 Å². The molecule has 0 fully saturated rings. The van der Waals surface area contributed by atoms with Crippen LogP contribution in [0, 0.1) is 0 Å². The lowest BCUT2D eigenvalue weighted by Crippen LogP contribution is -2.33. The molecule has 0 aromatic carbocycles. The van der Waals surface area contributed by atoms with Crippen molar-refractivity contribution in [3.8, 4) is 0 Å². The predicted octanol–water partition coefficient (Wildman–Crippen LogP) is 11.1. The number of carbonyl (C=O) groups is 6. The van der Waals surface area contributed by atoms with Gasteiger partial charge in [0.15, 0.2) is 0 Å². The van der Waals surface area contributed by atoms with Crippen LogP contribution >= 0.6 is 0 Å². The number of unbranched alkanes of at least 4 members (excludes halogenated alkanes) is 25. The summed E-state index contributed by atoms with van der Waals surface area (Å²) in [5.41, 5.74) is 11.0. The van der Waals surface area contributed by atoms with Gasteiger partial charge < -0.3 is 50.8 Å². The predicted molar refractivity (Wildman–Crippen MR) is 281 cm³/mol. The highest BCUT2D eigenvalue weighted by molar-refractivity contribution is 5.76. The monoisotopic (exact) mass is 1030 g/mol. The molecule has 0 radical (unpaired) electrons. The fraction of sp³-hybridized carbons (Fsp3) is 0.893. The van der Waals surface area contributed by atoms with Crippen LogP contribution in [0.15, 0.2) is 0 Å². The van der Waals surface area contributed by atoms with Crippen molar-refractivity contribution >= 4 is 35.8 Å². The number of carbonyl (C=O) groups excluding carboxylic acids is 4. The van der Waals surface area contributed by atoms with Gasteiger partial charge in [0, 0.05) is 25.7 Å². The van der Waals surface area contributed by atoms with E-state index in [-0.39, 0.29) is 37.6 Å². The van der Waals surface area contributed by atoms with Gasteiger partial charge in [-0.25, -0.2) is 0 Å². The molecule has 0 aromatic heterocycles. The van der Waals surface area contributed by atoms with Crippen molar-refractivity contribution in [1.29, 1.82) is 0 Å². The summed E-state index contributed by atoms with van der Waals surface area (Å²) in [6.45, 7) is 5.13. The van der Waals surface area contributed by atoms with Gasteiger partial charge in [-0.1, -0.05) is 168 Å². The Kier molecular flexibility index (Phi) is 46.3. The molecule has 16 heteroatoms. The first-order valence-electron chi connectivity index (χ1n) is 28.7. The van der Waals surface area contributed by atoms with E-state index in [0.717, 1.165) is 193 Å². The Bertz CT molecular complexity index is 1370. The van der Waals surface area contributed by atoms with Crippen LogP contribution in [0.1, 0.15) is 271 Å². The Balaban J connectivity index is 3.75. The van der Waals surface area contributed by atoms with E-state index in [9.17, 15) is 39.0 Å². The standard InChI is InChI=1S/C56H104N2O14/c1-3-5-25-33-47(59)50(72-54(64)42-40-46(58)56(67)68)36-28-20-14-9-11-17-23-31-43-69-52(62)38-30-22-16-10-12-18-24-32-44-70-51(61)37-29-21-15-8-7-13-19-27-34-48(60)49(35-26-6-4-2)71-53(63)41-39-45(57)55(65)66/h45-50,59-60H,3-44,57-58H2,1-2H3,(H,65,66)(H,67,68)/t45-,46+,47?,48?,49?,50?/m1/s1. The highest BCUT2D eigenvalue weighted by atomic mass is 16.6. The zero-order valence-corrected chi connectivity index (χ0v) is 45.2. The molecule has 0 spiro atoms. The van der Waals surface area contributed by atoms with E-state index in [1.54, 1.807) is 0 Å². The van der Waals surface area contributed by atoms with Gasteiger partial charge in [-0.05, 0) is 77.0 Å². The molecule has 4 unspecified atom stereocenters. The van der Waals surface area contributed by atoms with E-state index in [1.165, 1.54) is 0 Å². The largest absolute Gasteiger partial charge is 0.480 e. The fourth-order valence-electron chi connectivity index (χ4n) is 8.62. The number of aliphatic hydroxyl groups excluding tert-OH is 2. The van der Waals surface area contributed by atoms with E-state index in [2.05, 4.69) is 13.8 Å². The third kappa shape index (κ3) is 43.1. The molecule has 0 saturated heterocycles. The molecule has 0 aliphatic rings. The van der Waals surface area contributed by atoms with E-state index in [0.29, 0.717) is 51.7 Å². The molecule has 0 aliphatic carbocycles. The summed E-state index contributed by atoms with van der Waals surface area (Å²) in [4.78, 5) is 70.8. The zero-order valence-electron chi connectivity index (χ0n) is 45.2. The van der Waals surface area contributed by atoms with E-state index in [1.807, 2.05) is 0 Å². The number of hydrogen-bond acceptors (Lipinski definition) is 14. The second-order valence-electron chi connectivity index (χ2n) is 20.2. The van der Waals surface area contributed by atoms with Crippen molar-refractivity contribution in [3.05, 3.63) is 0 Å². The van der Waals surface area contributed by atoms with E-state index >= 15 is 0 Å². The second kappa shape index (κ2) is 48.6. The van der Waals surface area contributed by atoms with E-state index in [4.69, 9.17) is 40.6 Å². The third-order valence-corrected chi connectivity index (χ3v) is 13.4.